The molecule has 7 nitrogen and oxygen atoms in total. The normalized spacial score (nSPS) is 12.6. The summed E-state index contributed by atoms with van der Waals surface area (Å²) in [6.45, 7) is 2.96. The summed E-state index contributed by atoms with van der Waals surface area (Å²) < 4.78 is 32.7. The molecule has 136 valence electrons. The zero-order valence-electron chi connectivity index (χ0n) is 13.9. The van der Waals surface area contributed by atoms with Crippen LogP contribution in [0.2, 0.25) is 0 Å². The van der Waals surface area contributed by atoms with Crippen molar-refractivity contribution in [3.8, 4) is 5.75 Å². The molecule has 0 aliphatic carbocycles. The number of hydrogen-bond donors (Lipinski definition) is 3. The monoisotopic (exact) mass is 375 g/mol. The molecule has 1 amide bonds. The van der Waals surface area contributed by atoms with Crippen molar-refractivity contribution in [3.05, 3.63) is 24.3 Å². The van der Waals surface area contributed by atoms with Gasteiger partial charge in [-0.2, -0.15) is 16.5 Å². The van der Waals surface area contributed by atoms with Crippen molar-refractivity contribution < 1.29 is 17.9 Å². The molecule has 0 fully saturated rings. The summed E-state index contributed by atoms with van der Waals surface area (Å²) in [5.74, 6) is 0.882. The van der Waals surface area contributed by atoms with Crippen LogP contribution in [0.4, 0.5) is 0 Å². The van der Waals surface area contributed by atoms with Gasteiger partial charge in [-0.3, -0.25) is 4.79 Å². The Balaban J connectivity index is 2.86. The van der Waals surface area contributed by atoms with Crippen LogP contribution in [0.1, 0.15) is 13.3 Å². The summed E-state index contributed by atoms with van der Waals surface area (Å²) >= 11 is 1.54. The highest BCUT2D eigenvalue weighted by atomic mass is 32.2. The van der Waals surface area contributed by atoms with Crippen LogP contribution in [0.25, 0.3) is 0 Å². The number of nitrogens with two attached hydrogens (primary N) is 1. The van der Waals surface area contributed by atoms with Gasteiger partial charge < -0.3 is 15.8 Å². The first kappa shape index (κ1) is 20.8. The summed E-state index contributed by atoms with van der Waals surface area (Å²) in [4.78, 5) is 12.2. The molecule has 1 atom stereocenters. The minimum Gasteiger partial charge on any atom is -0.494 e. The topological polar surface area (TPSA) is 111 Å². The second kappa shape index (κ2) is 10.5. The van der Waals surface area contributed by atoms with E-state index in [0.29, 0.717) is 37.6 Å². The summed E-state index contributed by atoms with van der Waals surface area (Å²) in [5, 5.41) is 2.62. The van der Waals surface area contributed by atoms with Crippen molar-refractivity contribution >= 4 is 27.7 Å². The number of rotatable bonds is 11. The molecule has 0 radical (unpaired) electrons. The third-order valence-electron chi connectivity index (χ3n) is 3.11. The van der Waals surface area contributed by atoms with Gasteiger partial charge in [-0.15, -0.1) is 0 Å². The Morgan fingerprint density at radius 1 is 1.33 bits per heavy atom. The molecule has 0 aromatic heterocycles. The van der Waals surface area contributed by atoms with Crippen LogP contribution < -0.4 is 20.5 Å². The lowest BCUT2D eigenvalue weighted by atomic mass is 10.2. The summed E-state index contributed by atoms with van der Waals surface area (Å²) in [7, 11) is -3.80. The van der Waals surface area contributed by atoms with Gasteiger partial charge in [-0.25, -0.2) is 8.42 Å². The number of thioether (sulfide) groups is 1. The van der Waals surface area contributed by atoms with Crippen LogP contribution in [0.15, 0.2) is 29.2 Å². The summed E-state index contributed by atoms with van der Waals surface area (Å²) in [6.07, 6.45) is 2.30. The van der Waals surface area contributed by atoms with Gasteiger partial charge in [0.25, 0.3) is 0 Å². The number of carbonyl (C=O) groups excluding carboxylic acids is 1. The fourth-order valence-corrected chi connectivity index (χ4v) is 3.64. The fourth-order valence-electron chi connectivity index (χ4n) is 1.93. The third kappa shape index (κ3) is 6.68. The zero-order chi connectivity index (χ0) is 18.0. The molecule has 1 rings (SSSR count). The van der Waals surface area contributed by atoms with Crippen molar-refractivity contribution in [2.75, 3.05) is 31.7 Å². The van der Waals surface area contributed by atoms with E-state index in [2.05, 4.69) is 10.0 Å². The van der Waals surface area contributed by atoms with Gasteiger partial charge in [-0.05, 0) is 49.6 Å². The van der Waals surface area contributed by atoms with Crippen LogP contribution in [0.5, 0.6) is 5.75 Å². The first-order chi connectivity index (χ1) is 11.4. The van der Waals surface area contributed by atoms with Crippen LogP contribution in [-0.2, 0) is 14.8 Å². The van der Waals surface area contributed by atoms with Gasteiger partial charge in [0.2, 0.25) is 15.9 Å². The van der Waals surface area contributed by atoms with E-state index in [-0.39, 0.29) is 10.8 Å². The van der Waals surface area contributed by atoms with Crippen LogP contribution >= 0.6 is 11.8 Å². The fraction of sp³-hybridized carbons (Fsp3) is 0.533. The second-order valence-corrected chi connectivity index (χ2v) is 7.64. The molecule has 1 aromatic carbocycles. The summed E-state index contributed by atoms with van der Waals surface area (Å²) in [6, 6.07) is 5.25. The van der Waals surface area contributed by atoms with E-state index in [1.54, 1.807) is 23.9 Å². The lowest BCUT2D eigenvalue weighted by Gasteiger charge is -2.18. The van der Waals surface area contributed by atoms with Crippen molar-refractivity contribution in [3.63, 3.8) is 0 Å². The number of sulfonamides is 1. The molecule has 0 saturated carbocycles. The quantitative estimate of drug-likeness (QED) is 0.521. The molecule has 0 heterocycles. The standard InChI is InChI=1S/C15H25N3O4S2/c1-3-22-12-4-6-13(7-5-12)24(20,21)18-14(8-11-23-2)15(19)17-10-9-16/h4-7,14,18H,3,8-11,16H2,1-2H3,(H,17,19). The predicted molar refractivity (Wildman–Crippen MR) is 96.8 cm³/mol. The van der Waals surface area contributed by atoms with E-state index >= 15 is 0 Å². The van der Waals surface area contributed by atoms with Crippen molar-refractivity contribution in [2.45, 2.75) is 24.3 Å². The lowest BCUT2D eigenvalue weighted by Crippen LogP contribution is -2.47. The number of carbonyl (C=O) groups is 1. The van der Waals surface area contributed by atoms with E-state index < -0.39 is 16.1 Å². The second-order valence-electron chi connectivity index (χ2n) is 4.94. The largest absolute Gasteiger partial charge is 0.494 e. The van der Waals surface area contributed by atoms with E-state index in [1.165, 1.54) is 12.1 Å². The maximum atomic E-state index is 12.5. The first-order valence-corrected chi connectivity index (χ1v) is 10.5. The van der Waals surface area contributed by atoms with E-state index in [9.17, 15) is 13.2 Å². The Labute approximate surface area is 147 Å². The Morgan fingerprint density at radius 2 is 2.00 bits per heavy atom. The zero-order valence-corrected chi connectivity index (χ0v) is 15.6. The SMILES string of the molecule is CCOc1ccc(S(=O)(=O)NC(CCSC)C(=O)NCCN)cc1. The Hall–Kier alpha value is -1.29. The summed E-state index contributed by atoms with van der Waals surface area (Å²) in [5.41, 5.74) is 5.36. The van der Waals surface area contributed by atoms with Crippen molar-refractivity contribution in [1.29, 1.82) is 0 Å². The van der Waals surface area contributed by atoms with Gasteiger partial charge in [0.05, 0.1) is 11.5 Å². The number of hydrogen-bond acceptors (Lipinski definition) is 6. The van der Waals surface area contributed by atoms with Gasteiger partial charge >= 0.3 is 0 Å². The number of benzene rings is 1. The molecule has 0 spiro atoms. The van der Waals surface area contributed by atoms with E-state index in [4.69, 9.17) is 10.5 Å². The molecule has 24 heavy (non-hydrogen) atoms. The molecule has 0 saturated heterocycles. The predicted octanol–water partition coefficient (Wildman–Crippen LogP) is 0.560. The van der Waals surface area contributed by atoms with E-state index in [0.717, 1.165) is 0 Å². The molecule has 4 N–H and O–H groups in total. The number of nitrogens with one attached hydrogen (secondary N) is 2. The van der Waals surface area contributed by atoms with Gasteiger partial charge in [0.15, 0.2) is 0 Å². The Kier molecular flexibility index (Phi) is 9.12. The molecule has 1 unspecified atom stereocenters. The highest BCUT2D eigenvalue weighted by Crippen LogP contribution is 2.16. The third-order valence-corrected chi connectivity index (χ3v) is 5.24. The van der Waals surface area contributed by atoms with Gasteiger partial charge in [0.1, 0.15) is 11.8 Å². The van der Waals surface area contributed by atoms with Crippen molar-refractivity contribution in [2.24, 2.45) is 5.73 Å². The molecule has 1 aromatic rings. The van der Waals surface area contributed by atoms with Gasteiger partial charge in [0, 0.05) is 13.1 Å². The maximum Gasteiger partial charge on any atom is 0.241 e. The minimum absolute atomic E-state index is 0.0896. The number of amides is 1. The van der Waals surface area contributed by atoms with Crippen LogP contribution in [0, 0.1) is 0 Å². The van der Waals surface area contributed by atoms with Gasteiger partial charge in [-0.1, -0.05) is 0 Å². The number of ether oxygens (including phenoxy) is 1. The highest BCUT2D eigenvalue weighted by Gasteiger charge is 2.25. The van der Waals surface area contributed by atoms with Crippen LogP contribution in [0.3, 0.4) is 0 Å². The molecular formula is C15H25N3O4S2. The smallest absolute Gasteiger partial charge is 0.241 e. The molecular weight excluding hydrogens is 350 g/mol. The molecule has 0 aliphatic heterocycles. The van der Waals surface area contributed by atoms with Crippen molar-refractivity contribution in [1.82, 2.24) is 10.0 Å². The average molecular weight is 376 g/mol. The lowest BCUT2D eigenvalue weighted by molar-refractivity contribution is -0.122. The highest BCUT2D eigenvalue weighted by molar-refractivity contribution is 7.98. The Bertz CT molecular complexity index is 606. The Morgan fingerprint density at radius 3 is 2.54 bits per heavy atom. The molecule has 9 heteroatoms. The first-order valence-electron chi connectivity index (χ1n) is 7.66. The molecule has 0 aliphatic rings. The average Bonchev–Trinajstić information content (AvgIpc) is 2.57. The van der Waals surface area contributed by atoms with Crippen LogP contribution in [-0.4, -0.2) is 52.1 Å². The van der Waals surface area contributed by atoms with E-state index in [1.807, 2.05) is 13.2 Å². The maximum absolute atomic E-state index is 12.5. The molecule has 0 bridgehead atoms. The minimum atomic E-state index is -3.80.